The lowest BCUT2D eigenvalue weighted by atomic mass is 10.1. The molecule has 0 spiro atoms. The van der Waals surface area contributed by atoms with Crippen molar-refractivity contribution in [1.82, 2.24) is 0 Å². The Balaban J connectivity index is 3.09. The summed E-state index contributed by atoms with van der Waals surface area (Å²) in [6.07, 6.45) is 1.62. The maximum atomic E-state index is 14.0. The van der Waals surface area contributed by atoms with Crippen LogP contribution in [0, 0.1) is 5.82 Å². The van der Waals surface area contributed by atoms with Gasteiger partial charge in [-0.15, -0.1) is 0 Å². The highest BCUT2D eigenvalue weighted by molar-refractivity contribution is 5.41. The minimum atomic E-state index is -0.420. The van der Waals surface area contributed by atoms with E-state index in [4.69, 9.17) is 9.47 Å². The summed E-state index contributed by atoms with van der Waals surface area (Å²) < 4.78 is 25.7. The molecule has 0 radical (unpaired) electrons. The first kappa shape index (κ1) is 15.8. The van der Waals surface area contributed by atoms with Crippen LogP contribution in [0.5, 0.6) is 11.5 Å². The molecule has 1 rings (SSSR count). The van der Waals surface area contributed by atoms with E-state index in [9.17, 15) is 4.39 Å². The van der Waals surface area contributed by atoms with E-state index >= 15 is 0 Å². The summed E-state index contributed by atoms with van der Waals surface area (Å²) in [7, 11) is 0. The highest BCUT2D eigenvalue weighted by Gasteiger charge is 2.25. The molecule has 0 bridgehead atoms. The first-order valence-electron chi connectivity index (χ1n) is 6.87. The van der Waals surface area contributed by atoms with Crippen molar-refractivity contribution in [2.45, 2.75) is 65.6 Å². The van der Waals surface area contributed by atoms with Crippen LogP contribution in [0.25, 0.3) is 0 Å². The highest BCUT2D eigenvalue weighted by Crippen LogP contribution is 2.36. The number of rotatable bonds is 6. The van der Waals surface area contributed by atoms with Gasteiger partial charge < -0.3 is 9.47 Å². The number of hydrogen-bond acceptors (Lipinski definition) is 2. The Hall–Kier alpha value is -1.25. The maximum absolute atomic E-state index is 14.0. The summed E-state index contributed by atoms with van der Waals surface area (Å²) in [5.41, 5.74) is -0.765. The predicted octanol–water partition coefficient (Wildman–Crippen LogP) is 4.96. The average Bonchev–Trinajstić information content (AvgIpc) is 2.33. The van der Waals surface area contributed by atoms with E-state index in [0.717, 1.165) is 12.8 Å². The monoisotopic (exact) mass is 268 g/mol. The zero-order valence-electron chi connectivity index (χ0n) is 12.8. The third kappa shape index (κ3) is 4.41. The topological polar surface area (TPSA) is 18.5 Å². The van der Waals surface area contributed by atoms with E-state index in [2.05, 4.69) is 0 Å². The first-order valence-corrected chi connectivity index (χ1v) is 6.87. The summed E-state index contributed by atoms with van der Waals surface area (Å²) >= 11 is 0. The van der Waals surface area contributed by atoms with Gasteiger partial charge in [-0.25, -0.2) is 4.39 Å². The summed E-state index contributed by atoms with van der Waals surface area (Å²) in [6.45, 7) is 11.9. The summed E-state index contributed by atoms with van der Waals surface area (Å²) in [4.78, 5) is 0. The van der Waals surface area contributed by atoms with Crippen LogP contribution >= 0.6 is 0 Å². The smallest absolute Gasteiger partial charge is 0.197 e. The van der Waals surface area contributed by atoms with Crippen LogP contribution in [0.15, 0.2) is 18.2 Å². The molecule has 0 unspecified atom stereocenters. The van der Waals surface area contributed by atoms with Crippen molar-refractivity contribution in [3.63, 3.8) is 0 Å². The molecule has 3 heteroatoms. The predicted molar refractivity (Wildman–Crippen MR) is 76.4 cm³/mol. The third-order valence-corrected chi connectivity index (χ3v) is 3.40. The Morgan fingerprint density at radius 1 is 0.947 bits per heavy atom. The minimum absolute atomic E-state index is 0.205. The van der Waals surface area contributed by atoms with Crippen molar-refractivity contribution in [3.05, 3.63) is 24.0 Å². The van der Waals surface area contributed by atoms with Crippen molar-refractivity contribution in [2.24, 2.45) is 0 Å². The fourth-order valence-electron chi connectivity index (χ4n) is 1.39. The van der Waals surface area contributed by atoms with Crippen LogP contribution in [0.2, 0.25) is 0 Å². The number of ether oxygens (including phenoxy) is 2. The molecule has 0 atom stereocenters. The van der Waals surface area contributed by atoms with Gasteiger partial charge in [0.2, 0.25) is 0 Å². The Bertz CT molecular complexity index is 425. The fraction of sp³-hybridized carbons (Fsp3) is 0.625. The zero-order valence-corrected chi connectivity index (χ0v) is 12.8. The molecular weight excluding hydrogens is 243 g/mol. The van der Waals surface area contributed by atoms with Crippen LogP contribution in [-0.4, -0.2) is 11.2 Å². The Labute approximate surface area is 115 Å². The van der Waals surface area contributed by atoms with Crippen LogP contribution in [0.4, 0.5) is 4.39 Å². The van der Waals surface area contributed by atoms with E-state index in [0.29, 0.717) is 5.75 Å². The van der Waals surface area contributed by atoms with Gasteiger partial charge in [-0.3, -0.25) is 0 Å². The third-order valence-electron chi connectivity index (χ3n) is 3.40. The zero-order chi connectivity index (χ0) is 14.7. The van der Waals surface area contributed by atoms with Crippen molar-refractivity contribution >= 4 is 0 Å². The minimum Gasteiger partial charge on any atom is -0.484 e. The molecular formula is C16H25FO2. The fourth-order valence-corrected chi connectivity index (χ4v) is 1.39. The normalized spacial score (nSPS) is 12.4. The maximum Gasteiger partial charge on any atom is 0.197 e. The van der Waals surface area contributed by atoms with E-state index in [-0.39, 0.29) is 17.2 Å². The standard InChI is InChI=1S/C16H25FO2/c1-7-15(3,4)18-13-11-9-10-12(17)14(13)19-16(5,6)8-2/h9-11H,7-8H2,1-6H3. The van der Waals surface area contributed by atoms with Gasteiger partial charge in [0.15, 0.2) is 17.3 Å². The van der Waals surface area contributed by atoms with Crippen molar-refractivity contribution in [2.75, 3.05) is 0 Å². The highest BCUT2D eigenvalue weighted by atomic mass is 19.1. The summed E-state index contributed by atoms with van der Waals surface area (Å²) in [5, 5.41) is 0. The van der Waals surface area contributed by atoms with Gasteiger partial charge >= 0.3 is 0 Å². The number of para-hydroxylation sites is 1. The molecule has 1 aromatic rings. The molecule has 1 aromatic carbocycles. The van der Waals surface area contributed by atoms with Gasteiger partial charge in [0.05, 0.1) is 0 Å². The van der Waals surface area contributed by atoms with Gasteiger partial charge in [-0.05, 0) is 52.7 Å². The Morgan fingerprint density at radius 3 is 2.00 bits per heavy atom. The van der Waals surface area contributed by atoms with Gasteiger partial charge in [-0.1, -0.05) is 19.9 Å². The number of benzene rings is 1. The molecule has 0 saturated carbocycles. The van der Waals surface area contributed by atoms with Crippen molar-refractivity contribution in [1.29, 1.82) is 0 Å². The first-order chi connectivity index (χ1) is 8.71. The van der Waals surface area contributed by atoms with Gasteiger partial charge in [-0.2, -0.15) is 0 Å². The molecule has 0 aromatic heterocycles. The molecule has 0 amide bonds. The number of hydrogen-bond donors (Lipinski definition) is 0. The quantitative estimate of drug-likeness (QED) is 0.726. The Morgan fingerprint density at radius 2 is 1.47 bits per heavy atom. The second kappa shape index (κ2) is 5.81. The van der Waals surface area contributed by atoms with E-state index < -0.39 is 5.60 Å². The number of halogens is 1. The lowest BCUT2D eigenvalue weighted by Gasteiger charge is -2.30. The van der Waals surface area contributed by atoms with Gasteiger partial charge in [0, 0.05) is 0 Å². The Kier molecular flexibility index (Phi) is 4.83. The molecule has 0 heterocycles. The van der Waals surface area contributed by atoms with E-state index in [1.807, 2.05) is 41.5 Å². The van der Waals surface area contributed by atoms with Crippen LogP contribution in [0.3, 0.4) is 0 Å². The molecule has 108 valence electrons. The van der Waals surface area contributed by atoms with Crippen molar-refractivity contribution < 1.29 is 13.9 Å². The summed E-state index contributed by atoms with van der Waals surface area (Å²) in [6, 6.07) is 4.79. The molecule has 19 heavy (non-hydrogen) atoms. The molecule has 0 aliphatic carbocycles. The lowest BCUT2D eigenvalue weighted by Crippen LogP contribution is -2.30. The second-order valence-electron chi connectivity index (χ2n) is 6.00. The van der Waals surface area contributed by atoms with Gasteiger partial charge in [0.1, 0.15) is 11.2 Å². The van der Waals surface area contributed by atoms with Gasteiger partial charge in [0.25, 0.3) is 0 Å². The molecule has 0 N–H and O–H groups in total. The molecule has 0 aliphatic rings. The van der Waals surface area contributed by atoms with E-state index in [1.165, 1.54) is 6.07 Å². The van der Waals surface area contributed by atoms with Crippen LogP contribution < -0.4 is 9.47 Å². The second-order valence-corrected chi connectivity index (χ2v) is 6.00. The molecule has 0 aliphatic heterocycles. The molecule has 2 nitrogen and oxygen atoms in total. The SMILES string of the molecule is CCC(C)(C)Oc1cccc(F)c1OC(C)(C)CC. The van der Waals surface area contributed by atoms with Crippen LogP contribution in [-0.2, 0) is 0 Å². The molecule has 0 fully saturated rings. The van der Waals surface area contributed by atoms with E-state index in [1.54, 1.807) is 12.1 Å². The summed E-state index contributed by atoms with van der Waals surface area (Å²) in [5.74, 6) is 0.287. The lowest BCUT2D eigenvalue weighted by molar-refractivity contribution is 0.0688. The largest absolute Gasteiger partial charge is 0.484 e. The van der Waals surface area contributed by atoms with Crippen LogP contribution in [0.1, 0.15) is 54.4 Å². The van der Waals surface area contributed by atoms with Crippen molar-refractivity contribution in [3.8, 4) is 11.5 Å². The average molecular weight is 268 g/mol. The molecule has 0 saturated heterocycles.